The van der Waals surface area contributed by atoms with Crippen LogP contribution in [0.4, 0.5) is 0 Å². The first-order valence-corrected chi connectivity index (χ1v) is 5.30. The van der Waals surface area contributed by atoms with Gasteiger partial charge in [-0.3, -0.25) is 0 Å². The van der Waals surface area contributed by atoms with Crippen molar-refractivity contribution in [1.82, 2.24) is 0 Å². The van der Waals surface area contributed by atoms with E-state index in [1.54, 1.807) is 19.9 Å². The molecule has 0 atom stereocenters. The summed E-state index contributed by atoms with van der Waals surface area (Å²) < 4.78 is 10.3. The highest BCUT2D eigenvalue weighted by Crippen LogP contribution is 2.17. The van der Waals surface area contributed by atoms with E-state index >= 15 is 0 Å². The molecule has 0 aliphatic heterocycles. The van der Waals surface area contributed by atoms with Crippen LogP contribution < -0.4 is 0 Å². The maximum absolute atomic E-state index is 11.5. The lowest BCUT2D eigenvalue weighted by atomic mass is 10.2. The van der Waals surface area contributed by atoms with Crippen molar-refractivity contribution in [2.75, 3.05) is 6.61 Å². The van der Waals surface area contributed by atoms with E-state index in [1.807, 2.05) is 0 Å². The Balaban J connectivity index is 2.73. The lowest BCUT2D eigenvalue weighted by Gasteiger charge is -1.97. The van der Waals surface area contributed by atoms with Crippen LogP contribution in [0.1, 0.15) is 42.1 Å². The molecule has 0 radical (unpaired) electrons. The fourth-order valence-electron chi connectivity index (χ4n) is 1.38. The molecule has 0 fully saturated rings. The number of Topliss-reactive ketones (excluding diaryl/α,β-unsaturated/α-hetero) is 1. The average molecular weight is 224 g/mol. The number of aryl methyl sites for hydroxylation is 2. The van der Waals surface area contributed by atoms with Gasteiger partial charge >= 0.3 is 5.97 Å². The molecule has 4 heteroatoms. The van der Waals surface area contributed by atoms with Crippen molar-refractivity contribution in [2.45, 2.75) is 33.6 Å². The van der Waals surface area contributed by atoms with E-state index in [2.05, 4.69) is 0 Å². The number of ketones is 1. The van der Waals surface area contributed by atoms with Gasteiger partial charge in [0.05, 0.1) is 6.61 Å². The second-order valence-corrected chi connectivity index (χ2v) is 3.61. The van der Waals surface area contributed by atoms with Crippen molar-refractivity contribution in [3.05, 3.63) is 23.2 Å². The minimum Gasteiger partial charge on any atom is -0.465 e. The Bertz CT molecular complexity index is 390. The van der Waals surface area contributed by atoms with E-state index in [1.165, 1.54) is 6.92 Å². The van der Waals surface area contributed by atoms with Crippen LogP contribution in [0, 0.1) is 6.92 Å². The first-order chi connectivity index (χ1) is 7.54. The maximum Gasteiger partial charge on any atom is 0.341 e. The molecule has 1 heterocycles. The molecule has 0 saturated heterocycles. The Morgan fingerprint density at radius 2 is 2.12 bits per heavy atom. The van der Waals surface area contributed by atoms with E-state index in [4.69, 9.17) is 9.15 Å². The number of esters is 1. The molecule has 0 aromatic carbocycles. The summed E-state index contributed by atoms with van der Waals surface area (Å²) >= 11 is 0. The fourth-order valence-corrected chi connectivity index (χ4v) is 1.38. The molecular weight excluding hydrogens is 208 g/mol. The lowest BCUT2D eigenvalue weighted by Crippen LogP contribution is -2.04. The summed E-state index contributed by atoms with van der Waals surface area (Å²) in [5.74, 6) is 0.914. The molecule has 1 rings (SSSR count). The highest BCUT2D eigenvalue weighted by atomic mass is 16.5. The monoisotopic (exact) mass is 224 g/mol. The highest BCUT2D eigenvalue weighted by molar-refractivity contribution is 5.90. The second-order valence-electron chi connectivity index (χ2n) is 3.61. The topological polar surface area (TPSA) is 56.5 Å². The van der Waals surface area contributed by atoms with Gasteiger partial charge in [0.25, 0.3) is 0 Å². The van der Waals surface area contributed by atoms with Crippen LogP contribution in [0.15, 0.2) is 10.5 Å². The summed E-state index contributed by atoms with van der Waals surface area (Å²) in [5.41, 5.74) is 0.445. The summed E-state index contributed by atoms with van der Waals surface area (Å²) in [7, 11) is 0. The number of furan rings is 1. The van der Waals surface area contributed by atoms with Gasteiger partial charge in [0.15, 0.2) is 0 Å². The van der Waals surface area contributed by atoms with Crippen LogP contribution in [0.25, 0.3) is 0 Å². The van der Waals surface area contributed by atoms with Crippen LogP contribution in [0.5, 0.6) is 0 Å². The Morgan fingerprint density at radius 1 is 1.44 bits per heavy atom. The number of rotatable bonds is 5. The van der Waals surface area contributed by atoms with Crippen LogP contribution in [0.2, 0.25) is 0 Å². The summed E-state index contributed by atoms with van der Waals surface area (Å²) in [4.78, 5) is 22.3. The molecule has 0 saturated carbocycles. The number of carbonyl (C=O) groups excluding carboxylic acids is 2. The molecule has 0 aliphatic rings. The predicted molar refractivity (Wildman–Crippen MR) is 58.4 cm³/mol. The van der Waals surface area contributed by atoms with Crippen LogP contribution in [0.3, 0.4) is 0 Å². The average Bonchev–Trinajstić information content (AvgIpc) is 2.57. The molecule has 0 N–H and O–H groups in total. The van der Waals surface area contributed by atoms with Gasteiger partial charge in [0, 0.05) is 12.8 Å². The minimum absolute atomic E-state index is 0.103. The van der Waals surface area contributed by atoms with Gasteiger partial charge in [0.2, 0.25) is 0 Å². The van der Waals surface area contributed by atoms with Crippen LogP contribution >= 0.6 is 0 Å². The van der Waals surface area contributed by atoms with Gasteiger partial charge in [-0.15, -0.1) is 0 Å². The zero-order chi connectivity index (χ0) is 12.1. The third-order valence-corrected chi connectivity index (χ3v) is 2.19. The quantitative estimate of drug-likeness (QED) is 0.720. The standard InChI is InChI=1S/C12H16O4/c1-4-15-12(14)11-7-10(16-9(11)3)6-5-8(2)13/h7H,4-6H2,1-3H3. The smallest absolute Gasteiger partial charge is 0.341 e. The molecule has 0 aliphatic carbocycles. The molecular formula is C12H16O4. The molecule has 1 aromatic rings. The van der Waals surface area contributed by atoms with E-state index < -0.39 is 0 Å². The second kappa shape index (κ2) is 5.49. The molecule has 16 heavy (non-hydrogen) atoms. The highest BCUT2D eigenvalue weighted by Gasteiger charge is 2.15. The third kappa shape index (κ3) is 3.22. The summed E-state index contributed by atoms with van der Waals surface area (Å²) in [6.07, 6.45) is 0.949. The van der Waals surface area contributed by atoms with E-state index in [0.717, 1.165) is 0 Å². The van der Waals surface area contributed by atoms with Gasteiger partial charge in [-0.25, -0.2) is 4.79 Å². The number of carbonyl (C=O) groups is 2. The van der Waals surface area contributed by atoms with Gasteiger partial charge in [-0.1, -0.05) is 0 Å². The number of hydrogen-bond acceptors (Lipinski definition) is 4. The van der Waals surface area contributed by atoms with Gasteiger partial charge in [0.1, 0.15) is 22.9 Å². The van der Waals surface area contributed by atoms with Crippen LogP contribution in [-0.2, 0) is 16.0 Å². The zero-order valence-electron chi connectivity index (χ0n) is 9.83. The molecule has 0 amide bonds. The first-order valence-electron chi connectivity index (χ1n) is 5.30. The zero-order valence-corrected chi connectivity index (χ0v) is 9.83. The van der Waals surface area contributed by atoms with Crippen molar-refractivity contribution in [3.63, 3.8) is 0 Å². The maximum atomic E-state index is 11.5. The van der Waals surface area contributed by atoms with E-state index in [9.17, 15) is 9.59 Å². The first kappa shape index (κ1) is 12.5. The summed E-state index contributed by atoms with van der Waals surface area (Å²) in [6.45, 7) is 5.34. The summed E-state index contributed by atoms with van der Waals surface area (Å²) in [6, 6.07) is 1.65. The Labute approximate surface area is 94.6 Å². The molecule has 0 unspecified atom stereocenters. The number of ether oxygens (including phenoxy) is 1. The normalized spacial score (nSPS) is 10.2. The van der Waals surface area contributed by atoms with Crippen molar-refractivity contribution < 1.29 is 18.7 Å². The molecule has 88 valence electrons. The van der Waals surface area contributed by atoms with Crippen molar-refractivity contribution in [3.8, 4) is 0 Å². The molecule has 1 aromatic heterocycles. The summed E-state index contributed by atoms with van der Waals surface area (Å²) in [5, 5.41) is 0. The Morgan fingerprint density at radius 3 is 2.69 bits per heavy atom. The van der Waals surface area contributed by atoms with Gasteiger partial charge < -0.3 is 13.9 Å². The largest absolute Gasteiger partial charge is 0.465 e. The molecule has 0 spiro atoms. The lowest BCUT2D eigenvalue weighted by molar-refractivity contribution is -0.117. The van der Waals surface area contributed by atoms with Crippen molar-refractivity contribution >= 4 is 11.8 Å². The van der Waals surface area contributed by atoms with Gasteiger partial charge in [-0.2, -0.15) is 0 Å². The minimum atomic E-state index is -0.377. The van der Waals surface area contributed by atoms with Crippen molar-refractivity contribution in [1.29, 1.82) is 0 Å². The van der Waals surface area contributed by atoms with E-state index in [0.29, 0.717) is 36.5 Å². The SMILES string of the molecule is CCOC(=O)c1cc(CCC(C)=O)oc1C. The third-order valence-electron chi connectivity index (χ3n) is 2.19. The molecule has 4 nitrogen and oxygen atoms in total. The molecule has 0 bridgehead atoms. The van der Waals surface area contributed by atoms with Crippen molar-refractivity contribution in [2.24, 2.45) is 0 Å². The number of hydrogen-bond donors (Lipinski definition) is 0. The van der Waals surface area contributed by atoms with Crippen LogP contribution in [-0.4, -0.2) is 18.4 Å². The van der Waals surface area contributed by atoms with E-state index in [-0.39, 0.29) is 11.8 Å². The Kier molecular flexibility index (Phi) is 4.28. The Hall–Kier alpha value is -1.58. The predicted octanol–water partition coefficient (Wildman–Crippen LogP) is 2.29. The van der Waals surface area contributed by atoms with Gasteiger partial charge in [-0.05, 0) is 26.8 Å². The fraction of sp³-hybridized carbons (Fsp3) is 0.500.